The van der Waals surface area contributed by atoms with Crippen LogP contribution in [0.25, 0.3) is 0 Å². The molecule has 1 fully saturated rings. The molecule has 0 spiro atoms. The van der Waals surface area contributed by atoms with Crippen molar-refractivity contribution in [3.63, 3.8) is 0 Å². The van der Waals surface area contributed by atoms with Gasteiger partial charge in [-0.15, -0.1) is 0 Å². The summed E-state index contributed by atoms with van der Waals surface area (Å²) in [6.07, 6.45) is 0. The van der Waals surface area contributed by atoms with E-state index in [1.807, 2.05) is 48.5 Å². The summed E-state index contributed by atoms with van der Waals surface area (Å²) < 4.78 is 0. The molecule has 5 heteroatoms. The molecule has 29 heavy (non-hydrogen) atoms. The zero-order valence-corrected chi connectivity index (χ0v) is 16.0. The second-order valence-electron chi connectivity index (χ2n) is 7.01. The van der Waals surface area contributed by atoms with Gasteiger partial charge in [0.25, 0.3) is 5.91 Å². The number of nitrogens with one attached hydrogen (secondary N) is 2. The Bertz CT molecular complexity index is 933. The van der Waals surface area contributed by atoms with Crippen molar-refractivity contribution in [3.8, 4) is 0 Å². The van der Waals surface area contributed by atoms with Gasteiger partial charge in [-0.25, -0.2) is 4.79 Å². The number of urea groups is 1. The maximum absolute atomic E-state index is 12.7. The smallest absolute Gasteiger partial charge is 0.321 e. The Labute approximate surface area is 170 Å². The standard InChI is InChI=1S/C24H23N3O2/c28-23(20-11-13-21(14-12-20)27-16-15-25-24(27)29)26-17-22(18-7-3-1-4-8-18)19-9-5-2-6-10-19/h1-14,22H,15-17H2,(H,25,29)(H,26,28). The van der Waals surface area contributed by atoms with Crippen LogP contribution in [0.1, 0.15) is 27.4 Å². The number of benzene rings is 3. The highest BCUT2D eigenvalue weighted by Gasteiger charge is 2.21. The number of amides is 3. The molecule has 0 bridgehead atoms. The van der Waals surface area contributed by atoms with Crippen molar-refractivity contribution in [2.45, 2.75) is 5.92 Å². The zero-order valence-electron chi connectivity index (χ0n) is 16.0. The van der Waals surface area contributed by atoms with Crippen LogP contribution in [0.5, 0.6) is 0 Å². The lowest BCUT2D eigenvalue weighted by Gasteiger charge is -2.19. The first kappa shape index (κ1) is 18.7. The molecule has 1 saturated heterocycles. The molecule has 0 aromatic heterocycles. The molecule has 0 saturated carbocycles. The van der Waals surface area contributed by atoms with Crippen LogP contribution in [-0.4, -0.2) is 31.6 Å². The van der Waals surface area contributed by atoms with Crippen molar-refractivity contribution in [2.24, 2.45) is 0 Å². The van der Waals surface area contributed by atoms with Crippen molar-refractivity contribution in [3.05, 3.63) is 102 Å². The Morgan fingerprint density at radius 2 is 1.48 bits per heavy atom. The fourth-order valence-corrected chi connectivity index (χ4v) is 3.61. The molecule has 4 rings (SSSR count). The molecular formula is C24H23N3O2. The van der Waals surface area contributed by atoms with Gasteiger partial charge in [-0.3, -0.25) is 9.69 Å². The van der Waals surface area contributed by atoms with Crippen molar-refractivity contribution >= 4 is 17.6 Å². The van der Waals surface area contributed by atoms with E-state index in [4.69, 9.17) is 0 Å². The first-order valence-electron chi connectivity index (χ1n) is 9.76. The molecule has 3 aromatic rings. The average molecular weight is 385 g/mol. The van der Waals surface area contributed by atoms with E-state index in [1.54, 1.807) is 17.0 Å². The highest BCUT2D eigenvalue weighted by Crippen LogP contribution is 2.24. The van der Waals surface area contributed by atoms with Gasteiger partial charge in [0.1, 0.15) is 0 Å². The molecule has 5 nitrogen and oxygen atoms in total. The predicted octanol–water partition coefficient (Wildman–Crippen LogP) is 3.78. The summed E-state index contributed by atoms with van der Waals surface area (Å²) in [6, 6.07) is 27.4. The molecule has 0 unspecified atom stereocenters. The maximum atomic E-state index is 12.7. The molecule has 3 amide bonds. The SMILES string of the molecule is O=C(NCC(c1ccccc1)c1ccccc1)c1ccc(N2CCNC2=O)cc1. The van der Waals surface area contributed by atoms with E-state index in [0.29, 0.717) is 25.2 Å². The third kappa shape index (κ3) is 4.29. The first-order valence-corrected chi connectivity index (χ1v) is 9.76. The van der Waals surface area contributed by atoms with Crippen molar-refractivity contribution in [2.75, 3.05) is 24.5 Å². The molecular weight excluding hydrogens is 362 g/mol. The third-order valence-electron chi connectivity index (χ3n) is 5.17. The summed E-state index contributed by atoms with van der Waals surface area (Å²) in [5, 5.41) is 5.84. The predicted molar refractivity (Wildman–Crippen MR) is 114 cm³/mol. The van der Waals surface area contributed by atoms with E-state index < -0.39 is 0 Å². The van der Waals surface area contributed by atoms with E-state index in [9.17, 15) is 9.59 Å². The van der Waals surface area contributed by atoms with Gasteiger partial charge >= 0.3 is 6.03 Å². The van der Waals surface area contributed by atoms with Gasteiger partial charge in [-0.1, -0.05) is 60.7 Å². The number of hydrogen-bond acceptors (Lipinski definition) is 2. The Balaban J connectivity index is 1.46. The second-order valence-corrected chi connectivity index (χ2v) is 7.01. The third-order valence-corrected chi connectivity index (χ3v) is 5.17. The summed E-state index contributed by atoms with van der Waals surface area (Å²) in [6.45, 7) is 1.78. The lowest BCUT2D eigenvalue weighted by atomic mass is 9.91. The Morgan fingerprint density at radius 1 is 0.897 bits per heavy atom. The minimum atomic E-state index is -0.126. The number of nitrogens with zero attached hydrogens (tertiary/aromatic N) is 1. The van der Waals surface area contributed by atoms with Crippen LogP contribution in [0.3, 0.4) is 0 Å². The van der Waals surface area contributed by atoms with Gasteiger partial charge in [0.05, 0.1) is 0 Å². The number of anilines is 1. The maximum Gasteiger partial charge on any atom is 0.321 e. The number of carbonyl (C=O) groups is 2. The van der Waals surface area contributed by atoms with Crippen LogP contribution in [0.4, 0.5) is 10.5 Å². The van der Waals surface area contributed by atoms with Gasteiger partial charge in [0, 0.05) is 36.8 Å². The minimum absolute atomic E-state index is 0.0777. The van der Waals surface area contributed by atoms with Crippen LogP contribution in [-0.2, 0) is 0 Å². The fourth-order valence-electron chi connectivity index (χ4n) is 3.61. The van der Waals surface area contributed by atoms with Gasteiger partial charge < -0.3 is 10.6 Å². The van der Waals surface area contributed by atoms with Crippen LogP contribution >= 0.6 is 0 Å². The summed E-state index contributed by atoms with van der Waals surface area (Å²) in [4.78, 5) is 26.1. The fraction of sp³-hybridized carbons (Fsp3) is 0.167. The molecule has 0 atom stereocenters. The van der Waals surface area contributed by atoms with Crippen LogP contribution < -0.4 is 15.5 Å². The number of rotatable bonds is 6. The lowest BCUT2D eigenvalue weighted by Crippen LogP contribution is -2.29. The van der Waals surface area contributed by atoms with Crippen LogP contribution in [0.15, 0.2) is 84.9 Å². The van der Waals surface area contributed by atoms with Crippen molar-refractivity contribution < 1.29 is 9.59 Å². The first-order chi connectivity index (χ1) is 14.2. The van der Waals surface area contributed by atoms with Crippen LogP contribution in [0, 0.1) is 0 Å². The average Bonchev–Trinajstić information content (AvgIpc) is 3.21. The quantitative estimate of drug-likeness (QED) is 0.678. The molecule has 1 heterocycles. The van der Waals surface area contributed by atoms with E-state index in [2.05, 4.69) is 34.9 Å². The van der Waals surface area contributed by atoms with Crippen LogP contribution in [0.2, 0.25) is 0 Å². The Kier molecular flexibility index (Phi) is 5.56. The molecule has 0 aliphatic carbocycles. The summed E-state index contributed by atoms with van der Waals surface area (Å²) in [5.41, 5.74) is 3.69. The highest BCUT2D eigenvalue weighted by molar-refractivity contribution is 5.97. The van der Waals surface area contributed by atoms with Gasteiger partial charge in [-0.05, 0) is 35.4 Å². The van der Waals surface area contributed by atoms with E-state index >= 15 is 0 Å². The molecule has 2 N–H and O–H groups in total. The van der Waals surface area contributed by atoms with E-state index in [-0.39, 0.29) is 17.9 Å². The largest absolute Gasteiger partial charge is 0.351 e. The minimum Gasteiger partial charge on any atom is -0.351 e. The summed E-state index contributed by atoms with van der Waals surface area (Å²) >= 11 is 0. The molecule has 146 valence electrons. The molecule has 3 aromatic carbocycles. The number of carbonyl (C=O) groups excluding carboxylic acids is 2. The van der Waals surface area contributed by atoms with Crippen molar-refractivity contribution in [1.82, 2.24) is 10.6 Å². The summed E-state index contributed by atoms with van der Waals surface area (Å²) in [5.74, 6) is -0.0480. The molecule has 1 aliphatic heterocycles. The Hall–Kier alpha value is -3.60. The lowest BCUT2D eigenvalue weighted by molar-refractivity contribution is 0.0952. The van der Waals surface area contributed by atoms with Gasteiger partial charge in [-0.2, -0.15) is 0 Å². The summed E-state index contributed by atoms with van der Waals surface area (Å²) in [7, 11) is 0. The van der Waals surface area contributed by atoms with E-state index in [1.165, 1.54) is 0 Å². The van der Waals surface area contributed by atoms with Gasteiger partial charge in [0.2, 0.25) is 0 Å². The second kappa shape index (κ2) is 8.61. The van der Waals surface area contributed by atoms with E-state index in [0.717, 1.165) is 16.8 Å². The normalized spacial score (nSPS) is 13.4. The van der Waals surface area contributed by atoms with Crippen molar-refractivity contribution in [1.29, 1.82) is 0 Å². The highest BCUT2D eigenvalue weighted by atomic mass is 16.2. The molecule has 0 radical (unpaired) electrons. The monoisotopic (exact) mass is 385 g/mol. The topological polar surface area (TPSA) is 61.4 Å². The Morgan fingerprint density at radius 3 is 2.00 bits per heavy atom. The van der Waals surface area contributed by atoms with Gasteiger partial charge in [0.15, 0.2) is 0 Å². The molecule has 1 aliphatic rings. The zero-order chi connectivity index (χ0) is 20.1. The number of hydrogen-bond donors (Lipinski definition) is 2.